The van der Waals surface area contributed by atoms with Crippen molar-refractivity contribution in [2.24, 2.45) is 0 Å². The molecule has 2 amide bonds. The molecule has 13 heteroatoms. The van der Waals surface area contributed by atoms with E-state index in [4.69, 9.17) is 4.74 Å². The second-order valence-electron chi connectivity index (χ2n) is 9.63. The van der Waals surface area contributed by atoms with Crippen LogP contribution in [0.5, 0.6) is 5.75 Å². The maximum Gasteiger partial charge on any atom is 0.272 e. The van der Waals surface area contributed by atoms with E-state index in [2.05, 4.69) is 20.7 Å². The summed E-state index contributed by atoms with van der Waals surface area (Å²) in [6, 6.07) is 8.55. The average Bonchev–Trinajstić information content (AvgIpc) is 3.35. The quantitative estimate of drug-likeness (QED) is 0.466. The molecular weight excluding hydrogens is 520 g/mol. The number of ether oxygens (including phenoxy) is 1. The highest BCUT2D eigenvalue weighted by Crippen LogP contribution is 2.44. The molecule has 3 heterocycles. The van der Waals surface area contributed by atoms with Gasteiger partial charge in [0.2, 0.25) is 5.91 Å². The highest BCUT2D eigenvalue weighted by atomic mass is 32.2. The van der Waals surface area contributed by atoms with Crippen molar-refractivity contribution in [3.8, 4) is 11.6 Å². The minimum Gasteiger partial charge on any atom is -0.488 e. The van der Waals surface area contributed by atoms with Crippen molar-refractivity contribution in [2.75, 3.05) is 23.9 Å². The van der Waals surface area contributed by atoms with Crippen LogP contribution in [0.4, 0.5) is 14.6 Å². The van der Waals surface area contributed by atoms with Crippen molar-refractivity contribution in [1.29, 1.82) is 0 Å². The van der Waals surface area contributed by atoms with E-state index in [1.807, 2.05) is 6.92 Å². The summed E-state index contributed by atoms with van der Waals surface area (Å²) < 4.78 is 55.0. The average molecular weight is 546 g/mol. The Kier molecular flexibility index (Phi) is 6.41. The zero-order valence-electron chi connectivity index (χ0n) is 20.6. The maximum absolute atomic E-state index is 13.5. The summed E-state index contributed by atoms with van der Waals surface area (Å²) in [6.07, 6.45) is 1.41. The van der Waals surface area contributed by atoms with Crippen LogP contribution in [0.15, 0.2) is 36.5 Å². The fraction of sp³-hybridized carbons (Fsp3) is 0.360. The number of carbonyl (C=O) groups excluding carboxylic acids is 2. The largest absolute Gasteiger partial charge is 0.488 e. The van der Waals surface area contributed by atoms with Gasteiger partial charge in [-0.15, -0.1) is 0 Å². The summed E-state index contributed by atoms with van der Waals surface area (Å²) in [5.41, 5.74) is 2.37. The molecule has 0 unspecified atom stereocenters. The van der Waals surface area contributed by atoms with Crippen molar-refractivity contribution in [2.45, 2.75) is 38.2 Å². The second kappa shape index (κ2) is 9.46. The third-order valence-electron chi connectivity index (χ3n) is 6.56. The van der Waals surface area contributed by atoms with E-state index in [0.717, 1.165) is 22.9 Å². The number of alkyl halides is 2. The summed E-state index contributed by atoms with van der Waals surface area (Å²) in [6.45, 7) is 1.15. The molecule has 1 aliphatic carbocycles. The Morgan fingerprint density at radius 2 is 2.08 bits per heavy atom. The summed E-state index contributed by atoms with van der Waals surface area (Å²) in [5, 5.41) is 10.2. The Morgan fingerprint density at radius 1 is 1.29 bits per heavy atom. The minimum absolute atomic E-state index is 0.0336. The predicted molar refractivity (Wildman–Crippen MR) is 134 cm³/mol. The number of nitrogens with zero attached hydrogens (tertiary/aromatic N) is 3. The Labute approximate surface area is 217 Å². The van der Waals surface area contributed by atoms with Gasteiger partial charge in [-0.25, -0.2) is 22.2 Å². The molecule has 0 saturated heterocycles. The number of fused-ring (bicyclic) bond motifs is 3. The number of amides is 2. The molecule has 1 aromatic carbocycles. The van der Waals surface area contributed by atoms with Gasteiger partial charge >= 0.3 is 0 Å². The third-order valence-corrected chi connectivity index (χ3v) is 7.35. The first-order chi connectivity index (χ1) is 17.9. The van der Waals surface area contributed by atoms with Crippen molar-refractivity contribution < 1.29 is 31.5 Å². The van der Waals surface area contributed by atoms with Gasteiger partial charge in [-0.3, -0.25) is 9.59 Å². The third kappa shape index (κ3) is 4.97. The number of sulfone groups is 1. The Bertz CT molecular complexity index is 1540. The molecule has 10 nitrogen and oxygen atoms in total. The molecule has 3 aromatic rings. The fourth-order valence-electron chi connectivity index (χ4n) is 5.00. The van der Waals surface area contributed by atoms with Gasteiger partial charge in [0, 0.05) is 18.9 Å². The van der Waals surface area contributed by atoms with E-state index in [1.165, 1.54) is 4.68 Å². The zero-order chi connectivity index (χ0) is 27.2. The van der Waals surface area contributed by atoms with Gasteiger partial charge in [-0.1, -0.05) is 12.1 Å². The standard InChI is InChI=1S/C25H25F2N5O5S/c1-14-3-6-20(28-11-14)32-23(29-21(33)13-38(2,35)36)22-18(31-32)10-25(30-24(22)34)8-7-15-9-16(4-5-17(15)25)37-12-19(26)27/h3-6,9,11,19H,7-8,10,12-13H2,1-2H3,(H,29,33)(H,30,34)/t25-/m0/s1. The zero-order valence-corrected chi connectivity index (χ0v) is 21.4. The lowest BCUT2D eigenvalue weighted by molar-refractivity contribution is -0.113. The smallest absolute Gasteiger partial charge is 0.272 e. The maximum atomic E-state index is 13.5. The van der Waals surface area contributed by atoms with E-state index < -0.39 is 46.0 Å². The number of halogens is 2. The monoisotopic (exact) mass is 545 g/mol. The van der Waals surface area contributed by atoms with E-state index in [9.17, 15) is 26.8 Å². The van der Waals surface area contributed by atoms with Gasteiger partial charge < -0.3 is 15.4 Å². The van der Waals surface area contributed by atoms with Crippen molar-refractivity contribution in [1.82, 2.24) is 20.1 Å². The minimum atomic E-state index is -3.62. The van der Waals surface area contributed by atoms with Crippen LogP contribution in [0, 0.1) is 6.92 Å². The molecule has 0 saturated carbocycles. The Morgan fingerprint density at radius 3 is 2.76 bits per heavy atom. The summed E-state index contributed by atoms with van der Waals surface area (Å²) in [7, 11) is -3.62. The molecule has 1 aliphatic heterocycles. The molecule has 0 fully saturated rings. The lowest BCUT2D eigenvalue weighted by atomic mass is 9.82. The fourth-order valence-corrected chi connectivity index (χ4v) is 5.55. The van der Waals surface area contributed by atoms with Crippen LogP contribution in [-0.2, 0) is 33.0 Å². The van der Waals surface area contributed by atoms with E-state index >= 15 is 0 Å². The normalized spacial score (nSPS) is 18.3. The highest BCUT2D eigenvalue weighted by molar-refractivity contribution is 7.91. The van der Waals surface area contributed by atoms with E-state index in [0.29, 0.717) is 36.5 Å². The number of benzene rings is 1. The first kappa shape index (κ1) is 25.8. The number of rotatable bonds is 7. The van der Waals surface area contributed by atoms with E-state index in [-0.39, 0.29) is 11.4 Å². The SMILES string of the molecule is Cc1ccc(-n2nc3c(c2NC(=O)CS(C)(=O)=O)C(=O)N[C@@]2(CCc4cc(OCC(F)F)ccc42)C3)nc1. The molecule has 2 N–H and O–H groups in total. The van der Waals surface area contributed by atoms with Gasteiger partial charge in [-0.2, -0.15) is 9.78 Å². The van der Waals surface area contributed by atoms with Crippen molar-refractivity contribution >= 4 is 27.5 Å². The number of carbonyl (C=O) groups is 2. The van der Waals surface area contributed by atoms with Crippen LogP contribution in [0.3, 0.4) is 0 Å². The molecule has 1 spiro atoms. The van der Waals surface area contributed by atoms with E-state index in [1.54, 1.807) is 36.5 Å². The van der Waals surface area contributed by atoms with Gasteiger partial charge in [0.25, 0.3) is 12.3 Å². The van der Waals surface area contributed by atoms with Crippen LogP contribution in [0.2, 0.25) is 0 Å². The summed E-state index contributed by atoms with van der Waals surface area (Å²) in [5.74, 6) is -1.34. The Balaban J connectivity index is 1.53. The number of anilines is 1. The molecular formula is C25H25F2N5O5S. The highest BCUT2D eigenvalue weighted by Gasteiger charge is 2.47. The Hall–Kier alpha value is -3.87. The van der Waals surface area contributed by atoms with Crippen molar-refractivity contribution in [3.05, 3.63) is 64.5 Å². The number of aryl methyl sites for hydroxylation is 2. The van der Waals surface area contributed by atoms with Crippen LogP contribution in [0.1, 0.15) is 39.2 Å². The van der Waals surface area contributed by atoms with Crippen molar-refractivity contribution in [3.63, 3.8) is 0 Å². The van der Waals surface area contributed by atoms with Gasteiger partial charge in [0.05, 0.1) is 11.2 Å². The number of hydrogen-bond donors (Lipinski definition) is 2. The van der Waals surface area contributed by atoms with Crippen LogP contribution >= 0.6 is 0 Å². The van der Waals surface area contributed by atoms with Crippen LogP contribution in [-0.4, -0.2) is 60.0 Å². The molecule has 5 rings (SSSR count). The molecule has 2 aromatic heterocycles. The summed E-state index contributed by atoms with van der Waals surface area (Å²) in [4.78, 5) is 30.4. The lowest BCUT2D eigenvalue weighted by Crippen LogP contribution is -2.49. The number of hydrogen-bond acceptors (Lipinski definition) is 7. The van der Waals surface area contributed by atoms with Gasteiger partial charge in [0.1, 0.15) is 23.7 Å². The van der Waals surface area contributed by atoms with Crippen LogP contribution in [0.25, 0.3) is 5.82 Å². The number of aromatic nitrogens is 3. The molecule has 0 bridgehead atoms. The molecule has 200 valence electrons. The number of nitrogens with one attached hydrogen (secondary N) is 2. The molecule has 1 atom stereocenters. The topological polar surface area (TPSA) is 132 Å². The first-order valence-electron chi connectivity index (χ1n) is 11.8. The lowest BCUT2D eigenvalue weighted by Gasteiger charge is -2.35. The molecule has 0 radical (unpaired) electrons. The predicted octanol–water partition coefficient (Wildman–Crippen LogP) is 2.33. The van der Waals surface area contributed by atoms with Gasteiger partial charge in [0.15, 0.2) is 21.5 Å². The molecule has 2 aliphatic rings. The first-order valence-corrected chi connectivity index (χ1v) is 13.9. The second-order valence-corrected chi connectivity index (χ2v) is 11.8. The van der Waals surface area contributed by atoms with Crippen LogP contribution < -0.4 is 15.4 Å². The number of pyridine rings is 1. The molecule has 38 heavy (non-hydrogen) atoms. The summed E-state index contributed by atoms with van der Waals surface area (Å²) >= 11 is 0. The van der Waals surface area contributed by atoms with Gasteiger partial charge in [-0.05, 0) is 54.7 Å².